The third kappa shape index (κ3) is 1.48. The lowest BCUT2D eigenvalue weighted by Crippen LogP contribution is -2.13. The molecule has 0 spiro atoms. The van der Waals surface area contributed by atoms with E-state index in [-0.39, 0.29) is 5.03 Å². The number of para-hydroxylation sites is 1. The summed E-state index contributed by atoms with van der Waals surface area (Å²) in [5, 5.41) is 1.09. The molecule has 0 unspecified atom stereocenters. The molecule has 2 heterocycles. The summed E-state index contributed by atoms with van der Waals surface area (Å²) >= 11 is 0. The monoisotopic (exact) mass is 234 g/mol. The molecule has 1 aromatic heterocycles. The number of benzene rings is 1. The van der Waals surface area contributed by atoms with Gasteiger partial charge in [-0.1, -0.05) is 18.2 Å². The maximum Gasteiger partial charge on any atom is 0.260 e. The van der Waals surface area contributed by atoms with Crippen LogP contribution in [0.1, 0.15) is 0 Å². The predicted octanol–water partition coefficient (Wildman–Crippen LogP) is 1.24. The number of hydrogen-bond acceptors (Lipinski definition) is 3. The topological polar surface area (TPSA) is 50.0 Å². The molecule has 0 saturated carbocycles. The van der Waals surface area contributed by atoms with Gasteiger partial charge in [0.05, 0.1) is 5.52 Å². The Morgan fingerprint density at radius 1 is 1.06 bits per heavy atom. The molecule has 1 aliphatic rings. The van der Waals surface area contributed by atoms with Gasteiger partial charge in [-0.2, -0.15) is 4.31 Å². The van der Waals surface area contributed by atoms with Crippen LogP contribution in [-0.2, 0) is 10.0 Å². The summed E-state index contributed by atoms with van der Waals surface area (Å²) in [6, 6.07) is 10.8. The van der Waals surface area contributed by atoms with Crippen LogP contribution in [0, 0.1) is 0 Å². The first-order valence-electron chi connectivity index (χ1n) is 5.04. The zero-order valence-corrected chi connectivity index (χ0v) is 9.31. The first kappa shape index (κ1) is 9.74. The SMILES string of the molecule is O=S(=O)(c1ccc2ccccc2n1)N1CC1. The van der Waals surface area contributed by atoms with Crippen molar-refractivity contribution in [2.75, 3.05) is 13.1 Å². The molecular weight excluding hydrogens is 224 g/mol. The van der Waals surface area contributed by atoms with E-state index in [2.05, 4.69) is 4.98 Å². The summed E-state index contributed by atoms with van der Waals surface area (Å²) in [6.45, 7) is 1.22. The van der Waals surface area contributed by atoms with Crippen molar-refractivity contribution in [1.82, 2.24) is 9.29 Å². The highest BCUT2D eigenvalue weighted by atomic mass is 32.2. The van der Waals surface area contributed by atoms with E-state index in [1.165, 1.54) is 4.31 Å². The number of fused-ring (bicyclic) bond motifs is 1. The highest BCUT2D eigenvalue weighted by molar-refractivity contribution is 7.89. The third-order valence-electron chi connectivity index (χ3n) is 2.58. The highest BCUT2D eigenvalue weighted by Gasteiger charge is 2.34. The van der Waals surface area contributed by atoms with Gasteiger partial charge in [0.1, 0.15) is 0 Å². The molecule has 1 aromatic carbocycles. The van der Waals surface area contributed by atoms with Gasteiger partial charge in [0.2, 0.25) is 0 Å². The van der Waals surface area contributed by atoms with Crippen molar-refractivity contribution in [3.05, 3.63) is 36.4 Å². The van der Waals surface area contributed by atoms with E-state index in [0.29, 0.717) is 18.6 Å². The fourth-order valence-corrected chi connectivity index (χ4v) is 2.89. The van der Waals surface area contributed by atoms with Gasteiger partial charge in [-0.15, -0.1) is 0 Å². The number of sulfonamides is 1. The molecule has 2 aromatic rings. The van der Waals surface area contributed by atoms with Crippen LogP contribution in [0.4, 0.5) is 0 Å². The Morgan fingerprint density at radius 3 is 2.56 bits per heavy atom. The zero-order valence-electron chi connectivity index (χ0n) is 8.50. The average molecular weight is 234 g/mol. The summed E-state index contributed by atoms with van der Waals surface area (Å²) in [4.78, 5) is 4.18. The number of aromatic nitrogens is 1. The van der Waals surface area contributed by atoms with Crippen molar-refractivity contribution in [2.45, 2.75) is 5.03 Å². The van der Waals surface area contributed by atoms with Crippen LogP contribution in [0.25, 0.3) is 10.9 Å². The molecule has 1 fully saturated rings. The van der Waals surface area contributed by atoms with E-state index >= 15 is 0 Å². The predicted molar refractivity (Wildman–Crippen MR) is 60.5 cm³/mol. The average Bonchev–Trinajstić information content (AvgIpc) is 3.12. The maximum atomic E-state index is 11.9. The summed E-state index contributed by atoms with van der Waals surface area (Å²) in [6.07, 6.45) is 0. The first-order chi connectivity index (χ1) is 7.68. The van der Waals surface area contributed by atoms with Crippen LogP contribution in [0.15, 0.2) is 41.4 Å². The van der Waals surface area contributed by atoms with E-state index in [1.54, 1.807) is 12.1 Å². The van der Waals surface area contributed by atoms with Crippen LogP contribution in [0.3, 0.4) is 0 Å². The number of hydrogen-bond donors (Lipinski definition) is 0. The quantitative estimate of drug-likeness (QED) is 0.734. The van der Waals surface area contributed by atoms with Crippen molar-refractivity contribution < 1.29 is 8.42 Å². The Balaban J connectivity index is 2.18. The minimum Gasteiger partial charge on any atom is -0.235 e. The summed E-state index contributed by atoms with van der Waals surface area (Å²) in [5.41, 5.74) is 0.713. The number of pyridine rings is 1. The number of nitrogens with zero attached hydrogens (tertiary/aromatic N) is 2. The van der Waals surface area contributed by atoms with Gasteiger partial charge in [-0.25, -0.2) is 13.4 Å². The fourth-order valence-electron chi connectivity index (χ4n) is 1.60. The molecule has 1 aliphatic heterocycles. The Labute approximate surface area is 93.6 Å². The van der Waals surface area contributed by atoms with E-state index in [0.717, 1.165) is 5.39 Å². The van der Waals surface area contributed by atoms with Gasteiger partial charge in [0.25, 0.3) is 10.0 Å². The van der Waals surface area contributed by atoms with Crippen LogP contribution in [0.5, 0.6) is 0 Å². The molecular formula is C11H10N2O2S. The second kappa shape index (κ2) is 3.26. The molecule has 0 N–H and O–H groups in total. The number of rotatable bonds is 2. The van der Waals surface area contributed by atoms with E-state index in [9.17, 15) is 8.42 Å². The Morgan fingerprint density at radius 2 is 1.81 bits per heavy atom. The zero-order chi connectivity index (χ0) is 11.2. The lowest BCUT2D eigenvalue weighted by molar-refractivity contribution is 0.559. The molecule has 0 bridgehead atoms. The Bertz CT molecular complexity index is 648. The third-order valence-corrected chi connectivity index (χ3v) is 4.38. The molecule has 16 heavy (non-hydrogen) atoms. The fraction of sp³-hybridized carbons (Fsp3) is 0.182. The molecule has 82 valence electrons. The normalized spacial score (nSPS) is 16.5. The summed E-state index contributed by atoms with van der Waals surface area (Å²) < 4.78 is 25.2. The van der Waals surface area contributed by atoms with Gasteiger partial charge in [0, 0.05) is 18.5 Å². The summed E-state index contributed by atoms with van der Waals surface area (Å²) in [5.74, 6) is 0. The summed E-state index contributed by atoms with van der Waals surface area (Å²) in [7, 11) is -3.34. The lowest BCUT2D eigenvalue weighted by atomic mass is 10.2. The molecule has 5 heteroatoms. The molecule has 4 nitrogen and oxygen atoms in total. The van der Waals surface area contributed by atoms with Crippen molar-refractivity contribution in [3.8, 4) is 0 Å². The Kier molecular flexibility index (Phi) is 1.99. The first-order valence-corrected chi connectivity index (χ1v) is 6.48. The molecule has 0 aliphatic carbocycles. The van der Waals surface area contributed by atoms with E-state index in [1.807, 2.05) is 24.3 Å². The van der Waals surface area contributed by atoms with Gasteiger partial charge in [-0.3, -0.25) is 0 Å². The van der Waals surface area contributed by atoms with Crippen LogP contribution in [-0.4, -0.2) is 30.8 Å². The Hall–Kier alpha value is -1.46. The van der Waals surface area contributed by atoms with E-state index < -0.39 is 10.0 Å². The van der Waals surface area contributed by atoms with Gasteiger partial charge in [-0.05, 0) is 18.2 Å². The second-order valence-corrected chi connectivity index (χ2v) is 5.63. The van der Waals surface area contributed by atoms with Crippen molar-refractivity contribution >= 4 is 20.9 Å². The van der Waals surface area contributed by atoms with E-state index in [4.69, 9.17) is 0 Å². The molecule has 0 amide bonds. The maximum absolute atomic E-state index is 11.9. The smallest absolute Gasteiger partial charge is 0.235 e. The van der Waals surface area contributed by atoms with Crippen molar-refractivity contribution in [1.29, 1.82) is 0 Å². The molecule has 1 saturated heterocycles. The largest absolute Gasteiger partial charge is 0.260 e. The molecule has 0 atom stereocenters. The van der Waals surface area contributed by atoms with Gasteiger partial charge >= 0.3 is 0 Å². The van der Waals surface area contributed by atoms with Crippen LogP contribution >= 0.6 is 0 Å². The highest BCUT2D eigenvalue weighted by Crippen LogP contribution is 2.22. The molecule has 3 rings (SSSR count). The van der Waals surface area contributed by atoms with Crippen LogP contribution in [0.2, 0.25) is 0 Å². The standard InChI is InChI=1S/C11H10N2O2S/c14-16(15,13-7-8-13)11-6-5-9-3-1-2-4-10(9)12-11/h1-6H,7-8H2. The van der Waals surface area contributed by atoms with Gasteiger partial charge in [0.15, 0.2) is 5.03 Å². The van der Waals surface area contributed by atoms with Gasteiger partial charge < -0.3 is 0 Å². The lowest BCUT2D eigenvalue weighted by Gasteiger charge is -2.04. The second-order valence-electron chi connectivity index (χ2n) is 3.75. The molecule has 0 radical (unpaired) electrons. The van der Waals surface area contributed by atoms with Crippen molar-refractivity contribution in [2.24, 2.45) is 0 Å². The van der Waals surface area contributed by atoms with Crippen LogP contribution < -0.4 is 0 Å². The minimum absolute atomic E-state index is 0.142. The minimum atomic E-state index is -3.34. The van der Waals surface area contributed by atoms with Crippen molar-refractivity contribution in [3.63, 3.8) is 0 Å².